The maximum absolute atomic E-state index is 12.5. The molecule has 2 unspecified atom stereocenters. The first-order valence-corrected chi connectivity index (χ1v) is 7.22. The molecule has 0 bridgehead atoms. The van der Waals surface area contributed by atoms with Gasteiger partial charge >= 0.3 is 0 Å². The molecule has 3 N–H and O–H groups in total. The molecule has 1 amide bonds. The lowest BCUT2D eigenvalue weighted by Gasteiger charge is -2.33. The number of carbonyl (C=O) groups is 1. The second-order valence-electron chi connectivity index (χ2n) is 5.83. The van der Waals surface area contributed by atoms with E-state index in [0.29, 0.717) is 0 Å². The first-order chi connectivity index (χ1) is 8.36. The topological polar surface area (TPSA) is 68.0 Å². The van der Waals surface area contributed by atoms with Crippen molar-refractivity contribution in [2.45, 2.75) is 51.6 Å². The summed E-state index contributed by atoms with van der Waals surface area (Å²) in [6.07, 6.45) is 4.59. The molecule has 1 aliphatic carbocycles. The highest BCUT2D eigenvalue weighted by Gasteiger charge is 2.44. The molecular formula is C13H21N3OS. The summed E-state index contributed by atoms with van der Waals surface area (Å²) in [7, 11) is 0. The third kappa shape index (κ3) is 2.29. The van der Waals surface area contributed by atoms with Crippen molar-refractivity contribution in [3.8, 4) is 0 Å². The van der Waals surface area contributed by atoms with Gasteiger partial charge in [-0.15, -0.1) is 11.3 Å². The Morgan fingerprint density at radius 2 is 2.39 bits per heavy atom. The summed E-state index contributed by atoms with van der Waals surface area (Å²) >= 11 is 1.56. The van der Waals surface area contributed by atoms with E-state index in [0.717, 1.165) is 24.3 Å². The number of thiazole rings is 1. The average Bonchev–Trinajstić information content (AvgIpc) is 2.90. The number of nitrogens with two attached hydrogens (primary N) is 1. The highest BCUT2D eigenvalue weighted by atomic mass is 32.1. The van der Waals surface area contributed by atoms with Gasteiger partial charge in [0.2, 0.25) is 5.91 Å². The van der Waals surface area contributed by atoms with Gasteiger partial charge in [-0.3, -0.25) is 4.79 Å². The van der Waals surface area contributed by atoms with Crippen LogP contribution in [0.5, 0.6) is 0 Å². The Bertz CT molecular complexity index is 429. The molecule has 1 heterocycles. The first-order valence-electron chi connectivity index (χ1n) is 6.34. The summed E-state index contributed by atoms with van der Waals surface area (Å²) in [6.45, 7) is 5.93. The molecule has 0 saturated heterocycles. The molecule has 0 radical (unpaired) electrons. The number of amides is 1. The van der Waals surface area contributed by atoms with Gasteiger partial charge in [0, 0.05) is 17.6 Å². The third-order valence-corrected chi connectivity index (χ3v) is 5.04. The zero-order chi connectivity index (χ0) is 13.4. The van der Waals surface area contributed by atoms with Crippen LogP contribution in [-0.2, 0) is 10.3 Å². The van der Waals surface area contributed by atoms with Crippen molar-refractivity contribution in [2.24, 2.45) is 11.1 Å². The van der Waals surface area contributed by atoms with E-state index in [4.69, 9.17) is 5.73 Å². The fraction of sp³-hybridized carbons (Fsp3) is 0.692. The van der Waals surface area contributed by atoms with Crippen LogP contribution in [0.3, 0.4) is 0 Å². The molecule has 1 aliphatic rings. The number of rotatable bonds is 3. The molecule has 0 aliphatic heterocycles. The minimum Gasteiger partial charge on any atom is -0.344 e. The second-order valence-corrected chi connectivity index (χ2v) is 6.73. The van der Waals surface area contributed by atoms with E-state index in [9.17, 15) is 4.79 Å². The van der Waals surface area contributed by atoms with Crippen molar-refractivity contribution in [3.05, 3.63) is 16.6 Å². The van der Waals surface area contributed by atoms with Gasteiger partial charge in [0.25, 0.3) is 0 Å². The van der Waals surface area contributed by atoms with Crippen molar-refractivity contribution in [1.29, 1.82) is 0 Å². The lowest BCUT2D eigenvalue weighted by Crippen LogP contribution is -2.52. The lowest BCUT2D eigenvalue weighted by atomic mass is 9.83. The van der Waals surface area contributed by atoms with Gasteiger partial charge < -0.3 is 11.1 Å². The number of hydrogen-bond acceptors (Lipinski definition) is 4. The Hall–Kier alpha value is -0.940. The van der Waals surface area contributed by atoms with Crippen LogP contribution in [0.4, 0.5) is 0 Å². The fourth-order valence-electron chi connectivity index (χ4n) is 2.49. The van der Waals surface area contributed by atoms with Crippen molar-refractivity contribution >= 4 is 17.2 Å². The molecule has 4 nitrogen and oxygen atoms in total. The number of nitrogens with zero attached hydrogens (tertiary/aromatic N) is 1. The van der Waals surface area contributed by atoms with Crippen molar-refractivity contribution in [3.63, 3.8) is 0 Å². The molecule has 100 valence electrons. The largest absolute Gasteiger partial charge is 0.344 e. The van der Waals surface area contributed by atoms with Gasteiger partial charge in [0.15, 0.2) is 0 Å². The van der Waals surface area contributed by atoms with Gasteiger partial charge in [-0.25, -0.2) is 4.98 Å². The van der Waals surface area contributed by atoms with Crippen LogP contribution in [0.1, 0.15) is 45.0 Å². The summed E-state index contributed by atoms with van der Waals surface area (Å²) in [6, 6.07) is -0.0374. The molecule has 1 fully saturated rings. The summed E-state index contributed by atoms with van der Waals surface area (Å²) in [5.74, 6) is 0.0488. The standard InChI is InChI=1S/C13H21N3OS/c1-12(2,11-15-7-8-18-11)16-10(17)13(3)6-4-5-9(13)14/h7-9H,4-6,14H2,1-3H3,(H,16,17). The van der Waals surface area contributed by atoms with Crippen molar-refractivity contribution < 1.29 is 4.79 Å². The van der Waals surface area contributed by atoms with Gasteiger partial charge in [-0.1, -0.05) is 6.42 Å². The zero-order valence-electron chi connectivity index (χ0n) is 11.2. The zero-order valence-corrected chi connectivity index (χ0v) is 12.0. The van der Waals surface area contributed by atoms with E-state index in [-0.39, 0.29) is 11.9 Å². The van der Waals surface area contributed by atoms with Crippen LogP contribution < -0.4 is 11.1 Å². The predicted molar refractivity (Wildman–Crippen MR) is 73.2 cm³/mol. The number of hydrogen-bond donors (Lipinski definition) is 2. The van der Waals surface area contributed by atoms with Crippen LogP contribution in [0.25, 0.3) is 0 Å². The summed E-state index contributed by atoms with van der Waals surface area (Å²) in [4.78, 5) is 16.8. The smallest absolute Gasteiger partial charge is 0.228 e. The molecule has 1 saturated carbocycles. The Labute approximate surface area is 112 Å². The van der Waals surface area contributed by atoms with Crippen LogP contribution >= 0.6 is 11.3 Å². The van der Waals surface area contributed by atoms with E-state index >= 15 is 0 Å². The van der Waals surface area contributed by atoms with Crippen molar-refractivity contribution in [2.75, 3.05) is 0 Å². The second kappa shape index (κ2) is 4.63. The third-order valence-electron chi connectivity index (χ3n) is 3.94. The van der Waals surface area contributed by atoms with E-state index in [1.165, 1.54) is 0 Å². The van der Waals surface area contributed by atoms with Gasteiger partial charge in [0.1, 0.15) is 5.01 Å². The maximum atomic E-state index is 12.5. The highest BCUT2D eigenvalue weighted by molar-refractivity contribution is 7.09. The fourth-order valence-corrected chi connectivity index (χ4v) is 3.21. The Balaban J connectivity index is 2.12. The van der Waals surface area contributed by atoms with Crippen molar-refractivity contribution in [1.82, 2.24) is 10.3 Å². The average molecular weight is 267 g/mol. The van der Waals surface area contributed by atoms with Crippen LogP contribution in [0.15, 0.2) is 11.6 Å². The first kappa shape index (κ1) is 13.5. The molecule has 5 heteroatoms. The monoisotopic (exact) mass is 267 g/mol. The van der Waals surface area contributed by atoms with E-state index in [2.05, 4.69) is 10.3 Å². The van der Waals surface area contributed by atoms with Gasteiger partial charge in [-0.2, -0.15) is 0 Å². The van der Waals surface area contributed by atoms with Gasteiger partial charge in [-0.05, 0) is 33.6 Å². The van der Waals surface area contributed by atoms with Crippen LogP contribution in [0, 0.1) is 5.41 Å². The SMILES string of the molecule is CC(C)(NC(=O)C1(C)CCCC1N)c1nccs1. The molecule has 2 atom stereocenters. The van der Waals surface area contributed by atoms with E-state index in [1.807, 2.05) is 26.2 Å². The predicted octanol–water partition coefficient (Wildman–Crippen LogP) is 2.01. The lowest BCUT2D eigenvalue weighted by molar-refractivity contribution is -0.132. The molecular weight excluding hydrogens is 246 g/mol. The minimum absolute atomic E-state index is 0.0374. The summed E-state index contributed by atoms with van der Waals surface area (Å²) < 4.78 is 0. The molecule has 2 rings (SSSR count). The molecule has 18 heavy (non-hydrogen) atoms. The number of carbonyl (C=O) groups excluding carboxylic acids is 1. The van der Waals surface area contributed by atoms with E-state index in [1.54, 1.807) is 17.5 Å². The maximum Gasteiger partial charge on any atom is 0.228 e. The number of nitrogens with one attached hydrogen (secondary N) is 1. The Kier molecular flexibility index (Phi) is 3.47. The molecule has 0 aromatic carbocycles. The Morgan fingerprint density at radius 3 is 2.89 bits per heavy atom. The molecule has 0 spiro atoms. The molecule has 1 aromatic rings. The Morgan fingerprint density at radius 1 is 1.67 bits per heavy atom. The number of aromatic nitrogens is 1. The minimum atomic E-state index is -0.436. The highest BCUT2D eigenvalue weighted by Crippen LogP contribution is 2.38. The van der Waals surface area contributed by atoms with Crippen LogP contribution in [-0.4, -0.2) is 16.9 Å². The van der Waals surface area contributed by atoms with E-state index < -0.39 is 11.0 Å². The normalized spacial score (nSPS) is 28.3. The quantitative estimate of drug-likeness (QED) is 0.880. The summed E-state index contributed by atoms with van der Waals surface area (Å²) in [5.41, 5.74) is 5.21. The van der Waals surface area contributed by atoms with Crippen LogP contribution in [0.2, 0.25) is 0 Å². The summed E-state index contributed by atoms with van der Waals surface area (Å²) in [5, 5.41) is 5.95. The molecule has 1 aromatic heterocycles. The van der Waals surface area contributed by atoms with Gasteiger partial charge in [0.05, 0.1) is 11.0 Å².